The molecule has 1 saturated heterocycles. The van der Waals surface area contributed by atoms with Crippen LogP contribution in [0.3, 0.4) is 0 Å². The molecule has 6 nitrogen and oxygen atoms in total. The Morgan fingerprint density at radius 1 is 1.28 bits per heavy atom. The van der Waals surface area contributed by atoms with E-state index in [9.17, 15) is 19.7 Å². The van der Waals surface area contributed by atoms with E-state index in [4.69, 9.17) is 11.6 Å². The monoisotopic (exact) mass is 268 g/mol. The van der Waals surface area contributed by atoms with Gasteiger partial charge in [0.25, 0.3) is 11.6 Å². The topological polar surface area (TPSA) is 89.3 Å². The van der Waals surface area contributed by atoms with Gasteiger partial charge in [0.15, 0.2) is 0 Å². The van der Waals surface area contributed by atoms with Gasteiger partial charge in [-0.2, -0.15) is 0 Å². The first kappa shape index (κ1) is 12.5. The molecule has 2 rings (SSSR count). The molecule has 1 unspecified atom stereocenters. The molecule has 1 aromatic rings. The average Bonchev–Trinajstić information content (AvgIpc) is 2.34. The van der Waals surface area contributed by atoms with Gasteiger partial charge in [-0.1, -0.05) is 0 Å². The second kappa shape index (κ2) is 4.38. The zero-order chi connectivity index (χ0) is 13.3. The van der Waals surface area contributed by atoms with E-state index in [0.29, 0.717) is 5.56 Å². The van der Waals surface area contributed by atoms with Gasteiger partial charge in [0, 0.05) is 18.6 Å². The molecule has 1 heterocycles. The van der Waals surface area contributed by atoms with E-state index in [2.05, 4.69) is 5.32 Å². The fraction of sp³-hybridized carbons (Fsp3) is 0.273. The molecule has 18 heavy (non-hydrogen) atoms. The quantitative estimate of drug-likeness (QED) is 0.381. The van der Waals surface area contributed by atoms with E-state index in [1.807, 2.05) is 0 Å². The van der Waals surface area contributed by atoms with Crippen molar-refractivity contribution < 1.29 is 14.5 Å². The number of benzene rings is 1. The SMILES string of the molecule is O=C1CCC(Cl)(c2ccc([N+](=O)[O-])cc2)C(=O)N1. The van der Waals surface area contributed by atoms with Crippen LogP contribution < -0.4 is 5.32 Å². The Labute approximate surface area is 107 Å². The first-order valence-corrected chi connectivity index (χ1v) is 5.59. The molecule has 1 aliphatic rings. The Morgan fingerprint density at radius 2 is 1.89 bits per heavy atom. The maximum Gasteiger partial charge on any atom is 0.269 e. The van der Waals surface area contributed by atoms with E-state index < -0.39 is 15.7 Å². The number of alkyl halides is 1. The summed E-state index contributed by atoms with van der Waals surface area (Å²) in [4.78, 5) is 31.5. The van der Waals surface area contributed by atoms with E-state index in [0.717, 1.165) is 0 Å². The van der Waals surface area contributed by atoms with Crippen molar-refractivity contribution >= 4 is 29.1 Å². The van der Waals surface area contributed by atoms with Gasteiger partial charge in [-0.25, -0.2) is 0 Å². The van der Waals surface area contributed by atoms with Crippen molar-refractivity contribution in [3.8, 4) is 0 Å². The number of hydrogen-bond acceptors (Lipinski definition) is 4. The lowest BCUT2D eigenvalue weighted by atomic mass is 9.89. The highest BCUT2D eigenvalue weighted by atomic mass is 35.5. The number of hydrogen-bond donors (Lipinski definition) is 1. The number of nitro benzene ring substituents is 1. The molecule has 94 valence electrons. The summed E-state index contributed by atoms with van der Waals surface area (Å²) < 4.78 is 0. The van der Waals surface area contributed by atoms with Crippen LogP contribution in [0.5, 0.6) is 0 Å². The molecule has 0 spiro atoms. The zero-order valence-corrected chi connectivity index (χ0v) is 9.94. The van der Waals surface area contributed by atoms with Crippen LogP contribution in [-0.4, -0.2) is 16.7 Å². The number of imide groups is 1. The predicted octanol–water partition coefficient (Wildman–Crippen LogP) is 1.47. The number of nitrogens with one attached hydrogen (secondary N) is 1. The number of carbonyl (C=O) groups excluding carboxylic acids is 2. The molecule has 1 aliphatic heterocycles. The zero-order valence-electron chi connectivity index (χ0n) is 9.18. The molecule has 0 radical (unpaired) electrons. The van der Waals surface area contributed by atoms with Crippen LogP contribution in [-0.2, 0) is 14.5 Å². The molecular formula is C11H9ClN2O4. The standard InChI is InChI=1S/C11H9ClN2O4/c12-11(6-5-9(15)13-10(11)16)7-1-3-8(4-2-7)14(17)18/h1-4H,5-6H2,(H,13,15,16). The number of piperidine rings is 1. The van der Waals surface area contributed by atoms with Crippen molar-refractivity contribution in [1.82, 2.24) is 5.32 Å². The molecule has 0 aromatic heterocycles. The van der Waals surface area contributed by atoms with Crippen molar-refractivity contribution in [2.75, 3.05) is 0 Å². The largest absolute Gasteiger partial charge is 0.295 e. The molecule has 0 saturated carbocycles. The lowest BCUT2D eigenvalue weighted by molar-refractivity contribution is -0.384. The number of rotatable bonds is 2. The normalized spacial score (nSPS) is 23.6. The van der Waals surface area contributed by atoms with Crippen molar-refractivity contribution in [2.45, 2.75) is 17.7 Å². The summed E-state index contributed by atoms with van der Waals surface area (Å²) in [7, 11) is 0. The third-order valence-electron chi connectivity index (χ3n) is 2.85. The minimum absolute atomic E-state index is 0.0775. The number of amides is 2. The van der Waals surface area contributed by atoms with Crippen molar-refractivity contribution in [1.29, 1.82) is 0 Å². The van der Waals surface area contributed by atoms with Crippen LogP contribution in [0.2, 0.25) is 0 Å². The lowest BCUT2D eigenvalue weighted by Crippen LogP contribution is -2.48. The van der Waals surface area contributed by atoms with Crippen molar-refractivity contribution in [3.63, 3.8) is 0 Å². The molecule has 2 amide bonds. The molecule has 1 atom stereocenters. The minimum Gasteiger partial charge on any atom is -0.295 e. The summed E-state index contributed by atoms with van der Waals surface area (Å²) in [5.74, 6) is -0.951. The number of non-ortho nitro benzene ring substituents is 1. The van der Waals surface area contributed by atoms with Gasteiger partial charge >= 0.3 is 0 Å². The van der Waals surface area contributed by atoms with E-state index in [1.54, 1.807) is 0 Å². The molecule has 1 aromatic carbocycles. The van der Waals surface area contributed by atoms with Crippen molar-refractivity contribution in [3.05, 3.63) is 39.9 Å². The maximum absolute atomic E-state index is 11.7. The van der Waals surface area contributed by atoms with Crippen LogP contribution in [0.15, 0.2) is 24.3 Å². The molecular weight excluding hydrogens is 260 g/mol. The van der Waals surface area contributed by atoms with E-state index >= 15 is 0 Å². The van der Waals surface area contributed by atoms with Crippen LogP contribution in [0.1, 0.15) is 18.4 Å². The average molecular weight is 269 g/mol. The summed E-state index contributed by atoms with van der Waals surface area (Å²) in [6, 6.07) is 5.42. The third-order valence-corrected chi connectivity index (χ3v) is 3.42. The lowest BCUT2D eigenvalue weighted by Gasteiger charge is -2.29. The Balaban J connectivity index is 2.32. The summed E-state index contributed by atoms with van der Waals surface area (Å²) >= 11 is 6.21. The number of nitrogens with zero attached hydrogens (tertiary/aromatic N) is 1. The molecule has 0 aliphatic carbocycles. The second-order valence-electron chi connectivity index (χ2n) is 3.98. The Hall–Kier alpha value is -1.95. The van der Waals surface area contributed by atoms with E-state index in [1.165, 1.54) is 24.3 Å². The van der Waals surface area contributed by atoms with Crippen LogP contribution in [0, 0.1) is 10.1 Å². The molecule has 1 N–H and O–H groups in total. The minimum atomic E-state index is -1.33. The highest BCUT2D eigenvalue weighted by Gasteiger charge is 2.42. The number of nitro groups is 1. The maximum atomic E-state index is 11.7. The van der Waals surface area contributed by atoms with Crippen LogP contribution in [0.4, 0.5) is 5.69 Å². The number of halogens is 1. The van der Waals surface area contributed by atoms with Crippen LogP contribution >= 0.6 is 11.6 Å². The highest BCUT2D eigenvalue weighted by molar-refractivity contribution is 6.36. The highest BCUT2D eigenvalue weighted by Crippen LogP contribution is 2.37. The van der Waals surface area contributed by atoms with Gasteiger partial charge in [0.2, 0.25) is 5.91 Å². The molecule has 7 heteroatoms. The van der Waals surface area contributed by atoms with Gasteiger partial charge in [0.1, 0.15) is 4.87 Å². The Kier molecular flexibility index (Phi) is 3.04. The van der Waals surface area contributed by atoms with Gasteiger partial charge in [-0.05, 0) is 24.1 Å². The van der Waals surface area contributed by atoms with Gasteiger partial charge < -0.3 is 0 Å². The summed E-state index contributed by atoms with van der Waals surface area (Å²) in [5.41, 5.74) is 0.367. The molecule has 0 bridgehead atoms. The predicted molar refractivity (Wildman–Crippen MR) is 63.0 cm³/mol. The smallest absolute Gasteiger partial charge is 0.269 e. The first-order chi connectivity index (χ1) is 8.43. The Bertz CT molecular complexity index is 528. The second-order valence-corrected chi connectivity index (χ2v) is 4.63. The summed E-state index contributed by atoms with van der Waals surface area (Å²) in [6.45, 7) is 0. The first-order valence-electron chi connectivity index (χ1n) is 5.21. The van der Waals surface area contributed by atoms with Gasteiger partial charge in [-0.15, -0.1) is 11.6 Å². The van der Waals surface area contributed by atoms with Crippen molar-refractivity contribution in [2.24, 2.45) is 0 Å². The number of carbonyl (C=O) groups is 2. The Morgan fingerprint density at radius 3 is 2.39 bits per heavy atom. The van der Waals surface area contributed by atoms with E-state index in [-0.39, 0.29) is 24.4 Å². The van der Waals surface area contributed by atoms with Gasteiger partial charge in [0.05, 0.1) is 4.92 Å². The third kappa shape index (κ3) is 2.06. The fourth-order valence-corrected chi connectivity index (χ4v) is 2.08. The molecule has 1 fully saturated rings. The van der Waals surface area contributed by atoms with Gasteiger partial charge in [-0.3, -0.25) is 25.0 Å². The fourth-order valence-electron chi connectivity index (χ4n) is 1.81. The summed E-state index contributed by atoms with van der Waals surface area (Å²) in [5, 5.41) is 12.7. The van der Waals surface area contributed by atoms with Crippen LogP contribution in [0.25, 0.3) is 0 Å². The summed E-state index contributed by atoms with van der Waals surface area (Å²) in [6.07, 6.45) is 0.323.